The van der Waals surface area contributed by atoms with Crippen LogP contribution >= 0.6 is 0 Å². The molecule has 0 saturated carbocycles. The molecule has 0 aromatic rings. The number of carbonyl (C=O) groups excluding carboxylic acids is 1. The van der Waals surface area contributed by atoms with E-state index in [1.54, 1.807) is 6.08 Å². The van der Waals surface area contributed by atoms with E-state index < -0.39 is 24.2 Å². The van der Waals surface area contributed by atoms with E-state index in [1.807, 2.05) is 6.08 Å². The zero-order chi connectivity index (χ0) is 40.1. The molecule has 326 valence electrons. The summed E-state index contributed by atoms with van der Waals surface area (Å²) in [5, 5.41) is 33.1. The maximum atomic E-state index is 12.5. The number of aliphatic hydroxyl groups is 3. The van der Waals surface area contributed by atoms with E-state index >= 15 is 0 Å². The van der Waals surface area contributed by atoms with Crippen LogP contribution in [0.3, 0.4) is 0 Å². The molecule has 0 aromatic carbocycles. The topological polar surface area (TPSA) is 89.8 Å². The van der Waals surface area contributed by atoms with Crippen LogP contribution in [0, 0.1) is 0 Å². The van der Waals surface area contributed by atoms with Gasteiger partial charge in [0.15, 0.2) is 0 Å². The third-order valence-electron chi connectivity index (χ3n) is 11.5. The highest BCUT2D eigenvalue weighted by molar-refractivity contribution is 5.80. The van der Waals surface area contributed by atoms with Crippen LogP contribution in [0.2, 0.25) is 0 Å². The highest BCUT2D eigenvalue weighted by Crippen LogP contribution is 2.17. The Morgan fingerprint density at radius 3 is 1.11 bits per heavy atom. The van der Waals surface area contributed by atoms with Crippen molar-refractivity contribution in [2.45, 2.75) is 283 Å². The van der Waals surface area contributed by atoms with Gasteiger partial charge in [0.25, 0.3) is 0 Å². The summed E-state index contributed by atoms with van der Waals surface area (Å²) in [5.74, 6) is -0.510. The molecule has 3 unspecified atom stereocenters. The van der Waals surface area contributed by atoms with Gasteiger partial charge >= 0.3 is 0 Å². The Kier molecular flexibility index (Phi) is 44.6. The van der Waals surface area contributed by atoms with Crippen molar-refractivity contribution in [1.82, 2.24) is 5.32 Å². The summed E-state index contributed by atoms with van der Waals surface area (Å²) < 4.78 is 0. The first-order valence-electron chi connectivity index (χ1n) is 24.7. The van der Waals surface area contributed by atoms with Crippen molar-refractivity contribution in [3.8, 4) is 0 Å². The first-order valence-corrected chi connectivity index (χ1v) is 24.7. The van der Waals surface area contributed by atoms with Gasteiger partial charge in [-0.3, -0.25) is 4.79 Å². The minimum atomic E-state index is -1.10. The van der Waals surface area contributed by atoms with E-state index in [-0.39, 0.29) is 6.61 Å². The Balaban J connectivity index is 3.49. The van der Waals surface area contributed by atoms with Gasteiger partial charge in [-0.1, -0.05) is 256 Å². The normalized spacial score (nSPS) is 13.6. The lowest BCUT2D eigenvalue weighted by atomic mass is 10.0. The molecule has 0 bridgehead atoms. The van der Waals surface area contributed by atoms with Gasteiger partial charge in [-0.25, -0.2) is 0 Å². The van der Waals surface area contributed by atoms with Crippen LogP contribution in [-0.4, -0.2) is 46.1 Å². The van der Waals surface area contributed by atoms with Crippen molar-refractivity contribution in [1.29, 1.82) is 0 Å². The Bertz CT molecular complexity index is 814. The fraction of sp³-hybridized carbons (Fsp3) is 0.900. The molecule has 1 amide bonds. The van der Waals surface area contributed by atoms with Gasteiger partial charge in [0, 0.05) is 0 Å². The van der Waals surface area contributed by atoms with Crippen molar-refractivity contribution in [3.05, 3.63) is 24.3 Å². The average Bonchev–Trinajstić information content (AvgIpc) is 3.19. The number of amides is 1. The lowest BCUT2D eigenvalue weighted by molar-refractivity contribution is -0.131. The summed E-state index contributed by atoms with van der Waals surface area (Å²) in [6.45, 7) is 4.16. The van der Waals surface area contributed by atoms with E-state index in [1.165, 1.54) is 205 Å². The first kappa shape index (κ1) is 53.8. The number of unbranched alkanes of at least 4 members (excludes halogenated alkanes) is 35. The molecule has 0 aliphatic carbocycles. The highest BCUT2D eigenvalue weighted by Gasteiger charge is 2.22. The Labute approximate surface area is 343 Å². The predicted octanol–water partition coefficient (Wildman–Crippen LogP) is 14.6. The van der Waals surface area contributed by atoms with Crippen LogP contribution < -0.4 is 5.32 Å². The second-order valence-electron chi connectivity index (χ2n) is 17.0. The third kappa shape index (κ3) is 40.8. The zero-order valence-corrected chi connectivity index (χ0v) is 37.1. The minimum absolute atomic E-state index is 0.373. The van der Waals surface area contributed by atoms with E-state index in [0.717, 1.165) is 38.5 Å². The van der Waals surface area contributed by atoms with Gasteiger partial charge in [0.05, 0.1) is 18.8 Å². The van der Waals surface area contributed by atoms with Crippen LogP contribution in [0.4, 0.5) is 0 Å². The standard InChI is InChI=1S/C50H97NO4/c1-3-5-7-9-11-13-15-16-17-18-19-20-21-22-23-24-25-26-27-28-29-30-31-32-33-35-37-39-41-43-45-49(54)50(55)51-47(46-52)48(53)44-42-40-38-36-34-14-12-10-8-6-4-2/h34,36,42,44,47-49,52-54H,3-33,35,37-41,43,45-46H2,1-2H3,(H,51,55)/b36-34+,44-42+. The maximum Gasteiger partial charge on any atom is 0.249 e. The van der Waals surface area contributed by atoms with Crippen LogP contribution in [0.25, 0.3) is 0 Å². The highest BCUT2D eigenvalue weighted by atomic mass is 16.3. The number of hydrogen-bond acceptors (Lipinski definition) is 4. The second kappa shape index (κ2) is 45.5. The summed E-state index contributed by atoms with van der Waals surface area (Å²) >= 11 is 0. The Morgan fingerprint density at radius 2 is 0.745 bits per heavy atom. The average molecular weight is 776 g/mol. The first-order chi connectivity index (χ1) is 27.1. The van der Waals surface area contributed by atoms with Crippen molar-refractivity contribution in [2.24, 2.45) is 0 Å². The molecular formula is C50H97NO4. The number of nitrogens with one attached hydrogen (secondary N) is 1. The molecule has 0 aromatic heterocycles. The van der Waals surface area contributed by atoms with Crippen LogP contribution in [-0.2, 0) is 4.79 Å². The number of allylic oxidation sites excluding steroid dienone is 3. The molecule has 3 atom stereocenters. The van der Waals surface area contributed by atoms with Crippen molar-refractivity contribution in [2.75, 3.05) is 6.61 Å². The number of hydrogen-bond donors (Lipinski definition) is 4. The van der Waals surface area contributed by atoms with Gasteiger partial charge < -0.3 is 20.6 Å². The van der Waals surface area contributed by atoms with E-state index in [9.17, 15) is 20.1 Å². The molecule has 55 heavy (non-hydrogen) atoms. The van der Waals surface area contributed by atoms with Crippen molar-refractivity contribution < 1.29 is 20.1 Å². The molecule has 0 saturated heterocycles. The summed E-state index contributed by atoms with van der Waals surface area (Å²) in [5.41, 5.74) is 0. The molecule has 0 rings (SSSR count). The summed E-state index contributed by atoms with van der Waals surface area (Å²) in [6.07, 6.45) is 56.8. The molecule has 4 N–H and O–H groups in total. The Hall–Kier alpha value is -1.17. The summed E-state index contributed by atoms with van der Waals surface area (Å²) in [7, 11) is 0. The lowest BCUT2D eigenvalue weighted by Crippen LogP contribution is -2.48. The monoisotopic (exact) mass is 776 g/mol. The smallest absolute Gasteiger partial charge is 0.249 e. The fourth-order valence-corrected chi connectivity index (χ4v) is 7.67. The van der Waals surface area contributed by atoms with Crippen LogP contribution in [0.15, 0.2) is 24.3 Å². The maximum absolute atomic E-state index is 12.5. The predicted molar refractivity (Wildman–Crippen MR) is 241 cm³/mol. The number of rotatable bonds is 45. The number of aliphatic hydroxyl groups excluding tert-OH is 3. The molecule has 5 nitrogen and oxygen atoms in total. The minimum Gasteiger partial charge on any atom is -0.394 e. The van der Waals surface area contributed by atoms with Crippen molar-refractivity contribution >= 4 is 5.91 Å². The van der Waals surface area contributed by atoms with Gasteiger partial charge in [-0.2, -0.15) is 0 Å². The zero-order valence-electron chi connectivity index (χ0n) is 37.1. The van der Waals surface area contributed by atoms with E-state index in [4.69, 9.17) is 0 Å². The molecule has 0 radical (unpaired) electrons. The second-order valence-corrected chi connectivity index (χ2v) is 17.0. The molecular weight excluding hydrogens is 679 g/mol. The summed E-state index contributed by atoms with van der Waals surface area (Å²) in [6, 6.07) is -0.810. The largest absolute Gasteiger partial charge is 0.394 e. The SMILES string of the molecule is CCCCCCC/C=C/CC/C=C/C(O)C(CO)NC(=O)C(O)CCCCCCCCCCCCCCCCCCCCCCCCCCCCCCCC. The Morgan fingerprint density at radius 1 is 0.436 bits per heavy atom. The quantitative estimate of drug-likeness (QED) is 0.0366. The molecule has 0 fully saturated rings. The van der Waals surface area contributed by atoms with Gasteiger partial charge in [0.1, 0.15) is 6.10 Å². The van der Waals surface area contributed by atoms with E-state index in [0.29, 0.717) is 6.42 Å². The molecule has 0 aliphatic heterocycles. The molecule has 0 spiro atoms. The van der Waals surface area contributed by atoms with Gasteiger partial charge in [0.2, 0.25) is 5.91 Å². The van der Waals surface area contributed by atoms with Crippen molar-refractivity contribution in [3.63, 3.8) is 0 Å². The van der Waals surface area contributed by atoms with Crippen LogP contribution in [0.5, 0.6) is 0 Å². The molecule has 5 heteroatoms. The van der Waals surface area contributed by atoms with Crippen LogP contribution in [0.1, 0.15) is 264 Å². The lowest BCUT2D eigenvalue weighted by Gasteiger charge is -2.21. The third-order valence-corrected chi connectivity index (χ3v) is 11.5. The summed E-state index contributed by atoms with van der Waals surface area (Å²) in [4.78, 5) is 12.5. The van der Waals surface area contributed by atoms with Gasteiger partial charge in [-0.05, 0) is 32.1 Å². The number of carbonyl (C=O) groups is 1. The molecule has 0 aliphatic rings. The fourth-order valence-electron chi connectivity index (χ4n) is 7.67. The van der Waals surface area contributed by atoms with E-state index in [2.05, 4.69) is 31.3 Å². The molecule has 0 heterocycles. The van der Waals surface area contributed by atoms with Gasteiger partial charge in [-0.15, -0.1) is 0 Å².